The summed E-state index contributed by atoms with van der Waals surface area (Å²) >= 11 is 0. The van der Waals surface area contributed by atoms with Crippen molar-refractivity contribution >= 4 is 11.0 Å². The summed E-state index contributed by atoms with van der Waals surface area (Å²) < 4.78 is 11.3. The predicted octanol–water partition coefficient (Wildman–Crippen LogP) is 3.64. The van der Waals surface area contributed by atoms with Gasteiger partial charge in [-0.3, -0.25) is 0 Å². The minimum atomic E-state index is -0.119. The lowest BCUT2D eigenvalue weighted by molar-refractivity contribution is 0.0995. The van der Waals surface area contributed by atoms with E-state index in [-0.39, 0.29) is 12.1 Å². The minimum Gasteiger partial charge on any atom is -0.493 e. The molecule has 1 aromatic carbocycles. The van der Waals surface area contributed by atoms with Gasteiger partial charge in [-0.05, 0) is 50.8 Å². The third kappa shape index (κ3) is 3.28. The molecule has 1 saturated carbocycles. The first-order chi connectivity index (χ1) is 10.7. The van der Waals surface area contributed by atoms with Crippen LogP contribution in [0.3, 0.4) is 0 Å². The number of para-hydroxylation sites is 1. The van der Waals surface area contributed by atoms with E-state index in [1.807, 2.05) is 18.2 Å². The monoisotopic (exact) mass is 303 g/mol. The molecule has 1 fully saturated rings. The molecule has 1 aliphatic rings. The van der Waals surface area contributed by atoms with Gasteiger partial charge in [0.2, 0.25) is 0 Å². The molecule has 0 amide bonds. The van der Waals surface area contributed by atoms with E-state index in [9.17, 15) is 5.11 Å². The zero-order chi connectivity index (χ0) is 15.5. The van der Waals surface area contributed by atoms with Crippen LogP contribution in [-0.2, 0) is 0 Å². The molecular formula is C18H25NO3. The largest absolute Gasteiger partial charge is 0.493 e. The van der Waals surface area contributed by atoms with Crippen molar-refractivity contribution in [3.8, 4) is 5.75 Å². The molecule has 1 aliphatic carbocycles. The average Bonchev–Trinajstić information content (AvgIpc) is 2.96. The Kier molecular flexibility index (Phi) is 4.69. The number of ether oxygens (including phenoxy) is 1. The molecule has 120 valence electrons. The molecule has 0 saturated heterocycles. The summed E-state index contributed by atoms with van der Waals surface area (Å²) in [6.07, 6.45) is 4.07. The topological polar surface area (TPSA) is 54.6 Å². The Labute approximate surface area is 131 Å². The third-order valence-corrected chi connectivity index (χ3v) is 4.64. The molecule has 0 radical (unpaired) electrons. The second-order valence-corrected chi connectivity index (χ2v) is 6.34. The van der Waals surface area contributed by atoms with Crippen molar-refractivity contribution in [2.75, 3.05) is 13.7 Å². The van der Waals surface area contributed by atoms with E-state index in [2.05, 4.69) is 18.3 Å². The number of aliphatic hydroxyl groups excluding tert-OH is 1. The lowest BCUT2D eigenvalue weighted by Crippen LogP contribution is -2.30. The normalized spacial score (nSPS) is 23.6. The van der Waals surface area contributed by atoms with Crippen molar-refractivity contribution in [2.24, 2.45) is 5.92 Å². The predicted molar refractivity (Wildman–Crippen MR) is 87.1 cm³/mol. The highest BCUT2D eigenvalue weighted by molar-refractivity contribution is 5.83. The Hall–Kier alpha value is -1.52. The second-order valence-electron chi connectivity index (χ2n) is 6.34. The zero-order valence-corrected chi connectivity index (χ0v) is 13.3. The zero-order valence-electron chi connectivity index (χ0n) is 13.3. The van der Waals surface area contributed by atoms with Crippen LogP contribution in [0.15, 0.2) is 28.7 Å². The van der Waals surface area contributed by atoms with Crippen LogP contribution in [-0.4, -0.2) is 24.9 Å². The molecule has 2 aromatic rings. The molecule has 1 heterocycles. The smallest absolute Gasteiger partial charge is 0.176 e. The molecule has 3 atom stereocenters. The van der Waals surface area contributed by atoms with E-state index in [0.717, 1.165) is 48.3 Å². The van der Waals surface area contributed by atoms with Gasteiger partial charge in [-0.25, -0.2) is 0 Å². The van der Waals surface area contributed by atoms with Gasteiger partial charge in [0.1, 0.15) is 5.76 Å². The van der Waals surface area contributed by atoms with Crippen LogP contribution >= 0.6 is 0 Å². The van der Waals surface area contributed by atoms with Crippen molar-refractivity contribution < 1.29 is 14.3 Å². The maximum absolute atomic E-state index is 9.75. The summed E-state index contributed by atoms with van der Waals surface area (Å²) in [5.41, 5.74) is 0.807. The van der Waals surface area contributed by atoms with Gasteiger partial charge in [-0.1, -0.05) is 18.6 Å². The van der Waals surface area contributed by atoms with Gasteiger partial charge >= 0.3 is 0 Å². The number of hydrogen-bond donors (Lipinski definition) is 2. The van der Waals surface area contributed by atoms with Gasteiger partial charge < -0.3 is 19.6 Å². The van der Waals surface area contributed by atoms with Gasteiger partial charge in [-0.2, -0.15) is 0 Å². The number of fused-ring (bicyclic) bond motifs is 1. The molecule has 4 heteroatoms. The van der Waals surface area contributed by atoms with Gasteiger partial charge in [0.25, 0.3) is 0 Å². The van der Waals surface area contributed by atoms with Crippen LogP contribution in [0.5, 0.6) is 5.75 Å². The number of hydrogen-bond acceptors (Lipinski definition) is 4. The SMILES string of the molecule is COc1cccc2cc(C(C)NCC3CCCC(O)C3)oc12. The fourth-order valence-corrected chi connectivity index (χ4v) is 3.32. The molecule has 0 aliphatic heterocycles. The van der Waals surface area contributed by atoms with Gasteiger partial charge in [0.05, 0.1) is 19.3 Å². The molecule has 0 bridgehead atoms. The number of nitrogens with one attached hydrogen (secondary N) is 1. The highest BCUT2D eigenvalue weighted by Gasteiger charge is 2.21. The molecule has 0 spiro atoms. The maximum atomic E-state index is 9.75. The number of methoxy groups -OCH3 is 1. The lowest BCUT2D eigenvalue weighted by atomic mass is 9.87. The minimum absolute atomic E-state index is 0.119. The number of aliphatic hydroxyl groups is 1. The maximum Gasteiger partial charge on any atom is 0.176 e. The number of benzene rings is 1. The van der Waals surface area contributed by atoms with E-state index >= 15 is 0 Å². The fourth-order valence-electron chi connectivity index (χ4n) is 3.32. The van der Waals surface area contributed by atoms with Crippen molar-refractivity contribution in [3.05, 3.63) is 30.0 Å². The summed E-state index contributed by atoms with van der Waals surface area (Å²) in [6, 6.07) is 8.15. The first-order valence-corrected chi connectivity index (χ1v) is 8.15. The Morgan fingerprint density at radius 1 is 1.41 bits per heavy atom. The third-order valence-electron chi connectivity index (χ3n) is 4.64. The average molecular weight is 303 g/mol. The summed E-state index contributed by atoms with van der Waals surface area (Å²) in [5, 5.41) is 14.4. The molecule has 22 heavy (non-hydrogen) atoms. The van der Waals surface area contributed by atoms with E-state index in [4.69, 9.17) is 9.15 Å². The van der Waals surface area contributed by atoms with Crippen molar-refractivity contribution in [3.63, 3.8) is 0 Å². The van der Waals surface area contributed by atoms with Crippen LogP contribution in [0.2, 0.25) is 0 Å². The highest BCUT2D eigenvalue weighted by atomic mass is 16.5. The standard InChI is InChI=1S/C18H25NO3/c1-12(19-11-13-5-3-7-15(20)9-13)17-10-14-6-4-8-16(21-2)18(14)22-17/h4,6,8,10,12-13,15,19-20H,3,5,7,9,11H2,1-2H3. The highest BCUT2D eigenvalue weighted by Crippen LogP contribution is 2.31. The Morgan fingerprint density at radius 3 is 3.05 bits per heavy atom. The van der Waals surface area contributed by atoms with E-state index in [1.165, 1.54) is 6.42 Å². The quantitative estimate of drug-likeness (QED) is 0.885. The van der Waals surface area contributed by atoms with Gasteiger partial charge in [0, 0.05) is 5.39 Å². The Bertz CT molecular complexity index is 622. The van der Waals surface area contributed by atoms with Crippen LogP contribution in [0.1, 0.15) is 44.4 Å². The Morgan fingerprint density at radius 2 is 2.27 bits per heavy atom. The van der Waals surface area contributed by atoms with E-state index in [0.29, 0.717) is 5.92 Å². The molecule has 2 N–H and O–H groups in total. The van der Waals surface area contributed by atoms with Gasteiger partial charge in [0.15, 0.2) is 11.3 Å². The number of furan rings is 1. The fraction of sp³-hybridized carbons (Fsp3) is 0.556. The number of rotatable bonds is 5. The second kappa shape index (κ2) is 6.71. The van der Waals surface area contributed by atoms with E-state index < -0.39 is 0 Å². The summed E-state index contributed by atoms with van der Waals surface area (Å²) in [7, 11) is 1.66. The lowest BCUT2D eigenvalue weighted by Gasteiger charge is -2.27. The van der Waals surface area contributed by atoms with Crippen LogP contribution in [0, 0.1) is 5.92 Å². The van der Waals surface area contributed by atoms with Crippen molar-refractivity contribution in [1.82, 2.24) is 5.32 Å². The molecular weight excluding hydrogens is 278 g/mol. The van der Waals surface area contributed by atoms with Crippen LogP contribution in [0.4, 0.5) is 0 Å². The van der Waals surface area contributed by atoms with Crippen LogP contribution in [0.25, 0.3) is 11.0 Å². The first kappa shape index (κ1) is 15.4. The van der Waals surface area contributed by atoms with Crippen LogP contribution < -0.4 is 10.1 Å². The Balaban J connectivity index is 1.66. The van der Waals surface area contributed by atoms with Crippen molar-refractivity contribution in [1.29, 1.82) is 0 Å². The molecule has 3 unspecified atom stereocenters. The summed E-state index contributed by atoms with van der Waals surface area (Å²) in [6.45, 7) is 3.04. The summed E-state index contributed by atoms with van der Waals surface area (Å²) in [5.74, 6) is 2.26. The molecule has 1 aromatic heterocycles. The first-order valence-electron chi connectivity index (χ1n) is 8.15. The van der Waals surface area contributed by atoms with E-state index in [1.54, 1.807) is 7.11 Å². The van der Waals surface area contributed by atoms with Gasteiger partial charge in [-0.15, -0.1) is 0 Å². The van der Waals surface area contributed by atoms with Crippen molar-refractivity contribution in [2.45, 2.75) is 44.8 Å². The summed E-state index contributed by atoms with van der Waals surface area (Å²) in [4.78, 5) is 0. The molecule has 4 nitrogen and oxygen atoms in total. The molecule has 3 rings (SSSR count).